The smallest absolute Gasteiger partial charge is 0.0714 e. The minimum atomic E-state index is -0.482. The van der Waals surface area contributed by atoms with Gasteiger partial charge in [-0.3, -0.25) is 0 Å². The fourth-order valence-electron chi connectivity index (χ4n) is 9.48. The molecule has 2 aliphatic rings. The van der Waals surface area contributed by atoms with E-state index in [1.54, 1.807) is 0 Å². The molecule has 0 aromatic heterocycles. The average Bonchev–Trinajstić information content (AvgIpc) is 3.76. The summed E-state index contributed by atoms with van der Waals surface area (Å²) in [5.74, 6) is 0. The van der Waals surface area contributed by atoms with E-state index in [9.17, 15) is 0 Å². The summed E-state index contributed by atoms with van der Waals surface area (Å²) in [6, 6.07) is 74.4. The van der Waals surface area contributed by atoms with Crippen LogP contribution in [-0.2, 0) is 11.8 Å². The van der Waals surface area contributed by atoms with Crippen LogP contribution in [0.5, 0.6) is 0 Å². The lowest BCUT2D eigenvalue weighted by Crippen LogP contribution is -2.28. The number of hydrogen-bond acceptors (Lipinski definition) is 1. The molecule has 0 saturated heterocycles. The molecule has 248 valence electrons. The Hall–Kier alpha value is -6.70. The summed E-state index contributed by atoms with van der Waals surface area (Å²) in [6.45, 7) is 0. The Kier molecular flexibility index (Phi) is 6.60. The molecule has 1 heteroatoms. The molecule has 11 rings (SSSR count). The maximum atomic E-state index is 2.52. The highest BCUT2D eigenvalue weighted by molar-refractivity contribution is 6.09. The molecule has 0 bridgehead atoms. The van der Waals surface area contributed by atoms with E-state index >= 15 is 0 Å². The fourth-order valence-corrected chi connectivity index (χ4v) is 9.48. The molecule has 0 unspecified atom stereocenters. The Bertz CT molecular complexity index is 2830. The van der Waals surface area contributed by atoms with Gasteiger partial charge in [0.2, 0.25) is 0 Å². The highest BCUT2D eigenvalue weighted by Crippen LogP contribution is 2.57. The summed E-state index contributed by atoms with van der Waals surface area (Å²) in [5, 5.41) is 5.03. The maximum Gasteiger partial charge on any atom is 0.0714 e. The Morgan fingerprint density at radius 3 is 1.77 bits per heavy atom. The van der Waals surface area contributed by atoms with E-state index < -0.39 is 5.41 Å². The largest absolute Gasteiger partial charge is 0.310 e. The van der Waals surface area contributed by atoms with Gasteiger partial charge in [-0.15, -0.1) is 0 Å². The maximum absolute atomic E-state index is 2.52. The molecule has 9 aromatic carbocycles. The quantitative estimate of drug-likeness (QED) is 0.164. The van der Waals surface area contributed by atoms with Crippen molar-refractivity contribution < 1.29 is 0 Å². The second kappa shape index (κ2) is 11.7. The molecular formula is C52H35N. The first-order valence-corrected chi connectivity index (χ1v) is 18.6. The van der Waals surface area contributed by atoms with Crippen LogP contribution in [0.4, 0.5) is 17.1 Å². The Labute approximate surface area is 310 Å². The van der Waals surface area contributed by atoms with E-state index in [2.05, 4.69) is 205 Å². The van der Waals surface area contributed by atoms with Gasteiger partial charge in [0, 0.05) is 17.8 Å². The first-order chi connectivity index (χ1) is 26.3. The van der Waals surface area contributed by atoms with E-state index in [0.29, 0.717) is 0 Å². The van der Waals surface area contributed by atoms with E-state index in [0.717, 1.165) is 17.8 Å². The first-order valence-electron chi connectivity index (χ1n) is 18.6. The SMILES string of the molecule is c1ccc(C2(c3ccccc3)c3ccccc3-c3ccc(N(c4ccc5ccc6ccccc6c5c4)c4cccc5c4Cc4ccccc4-5)cc32)cc1. The standard InChI is InChI=1S/C52H35N/c1-3-16-38(17-4-1)52(39-18-5-2-6-19-39)49-24-12-11-22-45(49)46-31-30-41(34-50(46)52)53(51-25-13-23-44-43-21-10-8-15-37(43)32-48(44)51)40-29-28-36-27-26-35-14-7-9-20-42(35)47(36)33-40/h1-31,33-34H,32H2. The van der Waals surface area contributed by atoms with Crippen molar-refractivity contribution in [3.63, 3.8) is 0 Å². The van der Waals surface area contributed by atoms with Crippen molar-refractivity contribution in [1.82, 2.24) is 0 Å². The Balaban J connectivity index is 1.21. The number of rotatable bonds is 5. The molecule has 2 aliphatic carbocycles. The lowest BCUT2D eigenvalue weighted by molar-refractivity contribution is 0.768. The third-order valence-corrected chi connectivity index (χ3v) is 11.8. The number of fused-ring (bicyclic) bond motifs is 9. The van der Waals surface area contributed by atoms with Crippen molar-refractivity contribution in [2.24, 2.45) is 0 Å². The number of benzene rings is 9. The van der Waals surface area contributed by atoms with Crippen molar-refractivity contribution in [2.75, 3.05) is 4.90 Å². The second-order valence-electron chi connectivity index (χ2n) is 14.4. The molecule has 1 nitrogen and oxygen atoms in total. The van der Waals surface area contributed by atoms with Gasteiger partial charge in [-0.2, -0.15) is 0 Å². The summed E-state index contributed by atoms with van der Waals surface area (Å²) < 4.78 is 0. The minimum absolute atomic E-state index is 0.482. The van der Waals surface area contributed by atoms with Crippen molar-refractivity contribution in [3.05, 3.63) is 234 Å². The highest BCUT2D eigenvalue weighted by atomic mass is 15.1. The van der Waals surface area contributed by atoms with Crippen LogP contribution in [0.25, 0.3) is 43.8 Å². The van der Waals surface area contributed by atoms with Gasteiger partial charge in [0.1, 0.15) is 0 Å². The Morgan fingerprint density at radius 1 is 0.377 bits per heavy atom. The third kappa shape index (κ3) is 4.38. The van der Waals surface area contributed by atoms with Gasteiger partial charge in [0.05, 0.1) is 11.1 Å². The summed E-state index contributed by atoms with van der Waals surface area (Å²) in [4.78, 5) is 2.52. The minimum Gasteiger partial charge on any atom is -0.310 e. The van der Waals surface area contributed by atoms with Crippen LogP contribution in [0, 0.1) is 0 Å². The van der Waals surface area contributed by atoms with Crippen molar-refractivity contribution in [2.45, 2.75) is 11.8 Å². The van der Waals surface area contributed by atoms with Crippen LogP contribution >= 0.6 is 0 Å². The second-order valence-corrected chi connectivity index (χ2v) is 14.4. The first kappa shape index (κ1) is 30.0. The molecule has 0 aliphatic heterocycles. The molecule has 0 saturated carbocycles. The molecule has 0 spiro atoms. The molecule has 9 aromatic rings. The van der Waals surface area contributed by atoms with Gasteiger partial charge in [-0.1, -0.05) is 170 Å². The summed E-state index contributed by atoms with van der Waals surface area (Å²) in [6.07, 6.45) is 0.906. The predicted octanol–water partition coefficient (Wildman–Crippen LogP) is 13.4. The van der Waals surface area contributed by atoms with Crippen LogP contribution in [0.2, 0.25) is 0 Å². The van der Waals surface area contributed by atoms with Gasteiger partial charge in [-0.05, 0) is 108 Å². The van der Waals surface area contributed by atoms with Crippen LogP contribution in [0.3, 0.4) is 0 Å². The van der Waals surface area contributed by atoms with Crippen LogP contribution < -0.4 is 4.90 Å². The van der Waals surface area contributed by atoms with Gasteiger partial charge in [0.15, 0.2) is 0 Å². The molecule has 0 amide bonds. The molecule has 0 heterocycles. The zero-order chi connectivity index (χ0) is 34.9. The molecule has 0 atom stereocenters. The Morgan fingerprint density at radius 2 is 0.962 bits per heavy atom. The van der Waals surface area contributed by atoms with Crippen molar-refractivity contribution in [3.8, 4) is 22.3 Å². The van der Waals surface area contributed by atoms with E-state index in [1.165, 1.54) is 82.9 Å². The molecule has 0 radical (unpaired) electrons. The van der Waals surface area contributed by atoms with Gasteiger partial charge in [-0.25, -0.2) is 0 Å². The van der Waals surface area contributed by atoms with E-state index in [4.69, 9.17) is 0 Å². The van der Waals surface area contributed by atoms with Gasteiger partial charge >= 0.3 is 0 Å². The third-order valence-electron chi connectivity index (χ3n) is 11.8. The van der Waals surface area contributed by atoms with Crippen molar-refractivity contribution in [1.29, 1.82) is 0 Å². The molecule has 53 heavy (non-hydrogen) atoms. The number of hydrogen-bond donors (Lipinski definition) is 0. The summed E-state index contributed by atoms with van der Waals surface area (Å²) in [5.41, 5.74) is 16.2. The zero-order valence-corrected chi connectivity index (χ0v) is 29.2. The molecular weight excluding hydrogens is 639 g/mol. The number of anilines is 3. The topological polar surface area (TPSA) is 3.24 Å². The normalized spacial score (nSPS) is 13.4. The van der Waals surface area contributed by atoms with Crippen LogP contribution in [0.1, 0.15) is 33.4 Å². The highest BCUT2D eigenvalue weighted by Gasteiger charge is 2.46. The van der Waals surface area contributed by atoms with E-state index in [-0.39, 0.29) is 0 Å². The summed E-state index contributed by atoms with van der Waals surface area (Å²) >= 11 is 0. The number of nitrogens with zero attached hydrogens (tertiary/aromatic N) is 1. The van der Waals surface area contributed by atoms with Gasteiger partial charge < -0.3 is 4.90 Å². The monoisotopic (exact) mass is 673 g/mol. The molecule has 0 fully saturated rings. The predicted molar refractivity (Wildman–Crippen MR) is 222 cm³/mol. The lowest BCUT2D eigenvalue weighted by Gasteiger charge is -2.35. The van der Waals surface area contributed by atoms with Crippen molar-refractivity contribution >= 4 is 38.6 Å². The van der Waals surface area contributed by atoms with Gasteiger partial charge in [0.25, 0.3) is 0 Å². The summed E-state index contributed by atoms with van der Waals surface area (Å²) in [7, 11) is 0. The fraction of sp³-hybridized carbons (Fsp3) is 0.0385. The average molecular weight is 674 g/mol. The van der Waals surface area contributed by atoms with Crippen LogP contribution in [-0.4, -0.2) is 0 Å². The van der Waals surface area contributed by atoms with E-state index in [1.807, 2.05) is 0 Å². The lowest BCUT2D eigenvalue weighted by atomic mass is 9.67. The zero-order valence-electron chi connectivity index (χ0n) is 29.2. The molecule has 0 N–H and O–H groups in total. The van der Waals surface area contributed by atoms with Crippen LogP contribution in [0.15, 0.2) is 200 Å².